The van der Waals surface area contributed by atoms with E-state index in [4.69, 9.17) is 0 Å². The summed E-state index contributed by atoms with van der Waals surface area (Å²) in [7, 11) is -4.01. The van der Waals surface area contributed by atoms with Crippen molar-refractivity contribution in [2.45, 2.75) is 11.8 Å². The maximum atomic E-state index is 12.9. The monoisotopic (exact) mass is 387 g/mol. The predicted octanol–water partition coefficient (Wildman–Crippen LogP) is 3.40. The minimum Gasteiger partial charge on any atom is -0.478 e. The minimum absolute atomic E-state index is 0.0578. The third-order valence-corrected chi connectivity index (χ3v) is 5.22. The fourth-order valence-corrected chi connectivity index (χ4v) is 3.27. The third-order valence-electron chi connectivity index (χ3n) is 2.98. The minimum atomic E-state index is -4.01. The van der Waals surface area contributed by atoms with E-state index in [1.54, 1.807) is 13.0 Å². The molecule has 0 aromatic heterocycles. The van der Waals surface area contributed by atoms with E-state index in [1.165, 1.54) is 6.07 Å². The molecule has 0 unspecified atom stereocenters. The maximum Gasteiger partial charge on any atom is 0.338 e. The van der Waals surface area contributed by atoms with Crippen LogP contribution < -0.4 is 4.72 Å². The third kappa shape index (κ3) is 3.28. The van der Waals surface area contributed by atoms with Gasteiger partial charge in [0, 0.05) is 4.47 Å². The molecule has 0 heterocycles. The number of anilines is 1. The number of hydrogen-bond acceptors (Lipinski definition) is 3. The Morgan fingerprint density at radius 2 is 1.77 bits per heavy atom. The molecule has 2 aromatic rings. The van der Waals surface area contributed by atoms with Gasteiger partial charge in [-0.25, -0.2) is 17.6 Å². The highest BCUT2D eigenvalue weighted by atomic mass is 79.9. The summed E-state index contributed by atoms with van der Waals surface area (Å²) in [4.78, 5) is 11.2. The number of nitrogens with one attached hydrogen (secondary N) is 1. The number of sulfonamides is 1. The zero-order valence-electron chi connectivity index (χ0n) is 11.3. The highest BCUT2D eigenvalue weighted by Crippen LogP contribution is 2.28. The fraction of sp³-hybridized carbons (Fsp3) is 0.0714. The lowest BCUT2D eigenvalue weighted by Crippen LogP contribution is -2.16. The number of halogens is 2. The molecule has 2 N–H and O–H groups in total. The van der Waals surface area contributed by atoms with E-state index >= 15 is 0 Å². The molecule has 0 aliphatic carbocycles. The number of hydrogen-bond donors (Lipinski definition) is 2. The summed E-state index contributed by atoms with van der Waals surface area (Å²) in [6.07, 6.45) is 0. The standard InChI is InChI=1S/C14H11BrFNO4S/c1-8-11(15)6-7-12(13(8)14(18)19)17-22(20,21)10-4-2-9(16)3-5-10/h2-7,17H,1H3,(H,18,19). The summed E-state index contributed by atoms with van der Waals surface area (Å²) in [5.74, 6) is -1.82. The maximum absolute atomic E-state index is 12.9. The van der Waals surface area contributed by atoms with Crippen LogP contribution in [0.25, 0.3) is 0 Å². The van der Waals surface area contributed by atoms with E-state index < -0.39 is 21.8 Å². The largest absolute Gasteiger partial charge is 0.478 e. The van der Waals surface area contributed by atoms with E-state index in [0.29, 0.717) is 10.0 Å². The van der Waals surface area contributed by atoms with E-state index in [0.717, 1.165) is 24.3 Å². The van der Waals surface area contributed by atoms with Gasteiger partial charge in [-0.2, -0.15) is 0 Å². The molecule has 0 fully saturated rings. The van der Waals surface area contributed by atoms with Crippen molar-refractivity contribution in [3.8, 4) is 0 Å². The van der Waals surface area contributed by atoms with Gasteiger partial charge in [0.25, 0.3) is 10.0 Å². The molecule has 8 heteroatoms. The van der Waals surface area contributed by atoms with Crippen molar-refractivity contribution >= 4 is 37.6 Å². The van der Waals surface area contributed by atoms with Gasteiger partial charge in [0.05, 0.1) is 16.1 Å². The van der Waals surface area contributed by atoms with Crippen LogP contribution in [0, 0.1) is 12.7 Å². The molecule has 0 spiro atoms. The quantitative estimate of drug-likeness (QED) is 0.841. The normalized spacial score (nSPS) is 11.2. The molecular formula is C14H11BrFNO4S. The molecule has 0 amide bonds. The van der Waals surface area contributed by atoms with Crippen molar-refractivity contribution in [1.82, 2.24) is 0 Å². The van der Waals surface area contributed by atoms with Crippen molar-refractivity contribution in [2.75, 3.05) is 4.72 Å². The number of aromatic carboxylic acids is 1. The number of carboxylic acids is 1. The van der Waals surface area contributed by atoms with Crippen LogP contribution in [0.2, 0.25) is 0 Å². The first-order valence-electron chi connectivity index (χ1n) is 6.03. The Kier molecular flexibility index (Phi) is 4.52. The highest BCUT2D eigenvalue weighted by Gasteiger charge is 2.21. The fourth-order valence-electron chi connectivity index (χ4n) is 1.86. The topological polar surface area (TPSA) is 83.5 Å². The second kappa shape index (κ2) is 6.05. The van der Waals surface area contributed by atoms with Crippen LogP contribution in [-0.4, -0.2) is 19.5 Å². The van der Waals surface area contributed by atoms with E-state index in [9.17, 15) is 22.7 Å². The highest BCUT2D eigenvalue weighted by molar-refractivity contribution is 9.10. The molecule has 0 saturated heterocycles. The second-order valence-corrected chi connectivity index (χ2v) is 7.00. The second-order valence-electron chi connectivity index (χ2n) is 4.46. The molecule has 22 heavy (non-hydrogen) atoms. The van der Waals surface area contributed by atoms with Gasteiger partial charge in [-0.05, 0) is 48.9 Å². The zero-order chi connectivity index (χ0) is 16.5. The number of rotatable bonds is 4. The predicted molar refractivity (Wildman–Crippen MR) is 83.0 cm³/mol. The van der Waals surface area contributed by atoms with Crippen molar-refractivity contribution in [1.29, 1.82) is 0 Å². The average Bonchev–Trinajstić information content (AvgIpc) is 2.43. The molecule has 0 aliphatic rings. The summed E-state index contributed by atoms with van der Waals surface area (Å²) < 4.78 is 40.1. The first kappa shape index (κ1) is 16.4. The van der Waals surface area contributed by atoms with Crippen molar-refractivity contribution in [3.63, 3.8) is 0 Å². The Morgan fingerprint density at radius 1 is 1.18 bits per heavy atom. The smallest absolute Gasteiger partial charge is 0.338 e. The van der Waals surface area contributed by atoms with E-state index in [2.05, 4.69) is 20.7 Å². The SMILES string of the molecule is Cc1c(Br)ccc(NS(=O)(=O)c2ccc(F)cc2)c1C(=O)O. The summed E-state index contributed by atoms with van der Waals surface area (Å²) >= 11 is 3.20. The van der Waals surface area contributed by atoms with Gasteiger partial charge in [-0.15, -0.1) is 0 Å². The molecule has 0 saturated carbocycles. The van der Waals surface area contributed by atoms with Crippen molar-refractivity contribution < 1.29 is 22.7 Å². The lowest BCUT2D eigenvalue weighted by molar-refractivity contribution is 0.0697. The number of carboxylic acid groups (broad SMARTS) is 1. The van der Waals surface area contributed by atoms with Crippen LogP contribution in [0.15, 0.2) is 45.8 Å². The Labute approximate surface area is 135 Å². The van der Waals surface area contributed by atoms with E-state index in [-0.39, 0.29) is 16.1 Å². The summed E-state index contributed by atoms with van der Waals surface area (Å²) in [5, 5.41) is 9.27. The Balaban J connectivity index is 2.48. The molecule has 0 bridgehead atoms. The van der Waals surface area contributed by atoms with Gasteiger partial charge in [0.1, 0.15) is 5.82 Å². The molecule has 116 valence electrons. The lowest BCUT2D eigenvalue weighted by atomic mass is 10.1. The van der Waals surface area contributed by atoms with Gasteiger partial charge in [-0.3, -0.25) is 4.72 Å². The van der Waals surface area contributed by atoms with Crippen molar-refractivity contribution in [2.24, 2.45) is 0 Å². The van der Waals surface area contributed by atoms with E-state index in [1.807, 2.05) is 0 Å². The van der Waals surface area contributed by atoms with Crippen LogP contribution in [0.3, 0.4) is 0 Å². The first-order valence-corrected chi connectivity index (χ1v) is 8.31. The summed E-state index contributed by atoms with van der Waals surface area (Å²) in [5.41, 5.74) is 0.185. The molecule has 0 aliphatic heterocycles. The molecular weight excluding hydrogens is 377 g/mol. The molecule has 5 nitrogen and oxygen atoms in total. The van der Waals surface area contributed by atoms with Crippen LogP contribution in [0.5, 0.6) is 0 Å². The van der Waals surface area contributed by atoms with Gasteiger partial charge >= 0.3 is 5.97 Å². The molecule has 0 atom stereocenters. The Hall–Kier alpha value is -1.93. The zero-order valence-corrected chi connectivity index (χ0v) is 13.7. The van der Waals surface area contributed by atoms with Crippen LogP contribution in [0.1, 0.15) is 15.9 Å². The van der Waals surface area contributed by atoms with Gasteiger partial charge in [0.2, 0.25) is 0 Å². The van der Waals surface area contributed by atoms with Gasteiger partial charge < -0.3 is 5.11 Å². The van der Waals surface area contributed by atoms with Crippen molar-refractivity contribution in [3.05, 3.63) is 57.8 Å². The molecule has 2 aromatic carbocycles. The summed E-state index contributed by atoms with van der Waals surface area (Å²) in [6.45, 7) is 1.56. The van der Waals surface area contributed by atoms with Gasteiger partial charge in [-0.1, -0.05) is 15.9 Å². The average molecular weight is 388 g/mol. The van der Waals surface area contributed by atoms with Crippen LogP contribution in [-0.2, 0) is 10.0 Å². The van der Waals surface area contributed by atoms with Gasteiger partial charge in [0.15, 0.2) is 0 Å². The van der Waals surface area contributed by atoms with Crippen LogP contribution >= 0.6 is 15.9 Å². The molecule has 0 radical (unpaired) electrons. The number of benzene rings is 2. The Bertz CT molecular complexity index is 835. The number of carbonyl (C=O) groups is 1. The Morgan fingerprint density at radius 3 is 2.32 bits per heavy atom. The lowest BCUT2D eigenvalue weighted by Gasteiger charge is -2.13. The van der Waals surface area contributed by atoms with Crippen LogP contribution in [0.4, 0.5) is 10.1 Å². The summed E-state index contributed by atoms with van der Waals surface area (Å²) in [6, 6.07) is 7.12. The first-order chi connectivity index (χ1) is 10.2. The molecule has 2 rings (SSSR count).